The second-order valence-electron chi connectivity index (χ2n) is 8.21. The van der Waals surface area contributed by atoms with Gasteiger partial charge in [0, 0.05) is 13.2 Å². The molecule has 2 heterocycles. The van der Waals surface area contributed by atoms with Crippen LogP contribution in [0.3, 0.4) is 0 Å². The van der Waals surface area contributed by atoms with E-state index in [-0.39, 0.29) is 18.1 Å². The number of carbonyl (C=O) groups is 1. The fourth-order valence-electron chi connectivity index (χ4n) is 4.08. The van der Waals surface area contributed by atoms with E-state index in [2.05, 4.69) is 35.0 Å². The van der Waals surface area contributed by atoms with Crippen LogP contribution in [0.2, 0.25) is 0 Å². The van der Waals surface area contributed by atoms with Crippen LogP contribution in [-0.2, 0) is 16.1 Å². The van der Waals surface area contributed by atoms with E-state index in [1.807, 2.05) is 37.3 Å². The number of hydrogen-bond donors (Lipinski definition) is 1. The highest BCUT2D eigenvalue weighted by atomic mass is 16.5. The van der Waals surface area contributed by atoms with E-state index in [0.29, 0.717) is 13.2 Å². The molecule has 1 aliphatic rings. The Morgan fingerprint density at radius 3 is 2.94 bits per heavy atom. The third kappa shape index (κ3) is 5.25. The predicted molar refractivity (Wildman–Crippen MR) is 121 cm³/mol. The molecule has 31 heavy (non-hydrogen) atoms. The van der Waals surface area contributed by atoms with Crippen LogP contribution in [0.4, 0.5) is 0 Å². The molecule has 2 atom stereocenters. The van der Waals surface area contributed by atoms with Gasteiger partial charge in [-0.3, -0.25) is 4.79 Å². The number of unbranched alkanes of at least 4 members (excludes halogenated alkanes) is 1. The maximum Gasteiger partial charge on any atom is 0.249 e. The Morgan fingerprint density at radius 1 is 1.26 bits per heavy atom. The smallest absolute Gasteiger partial charge is 0.249 e. The summed E-state index contributed by atoms with van der Waals surface area (Å²) < 4.78 is 13.6. The van der Waals surface area contributed by atoms with Crippen LogP contribution in [0, 0.1) is 6.92 Å². The number of amides is 1. The first-order valence-electron chi connectivity index (χ1n) is 11.2. The number of nitrogens with zero attached hydrogens (tertiary/aromatic N) is 2. The number of benzene rings is 2. The zero-order valence-corrected chi connectivity index (χ0v) is 18.3. The van der Waals surface area contributed by atoms with Crippen LogP contribution in [0.25, 0.3) is 11.0 Å². The Morgan fingerprint density at radius 2 is 2.13 bits per heavy atom. The molecule has 2 unspecified atom stereocenters. The SMILES string of the molecule is Cc1cccc(OCCCCn2c(C(C)NC(=O)C3CCCO3)nc3ccccc32)c1. The Balaban J connectivity index is 1.39. The van der Waals surface area contributed by atoms with Crippen molar-refractivity contribution >= 4 is 16.9 Å². The number of imidazole rings is 1. The summed E-state index contributed by atoms with van der Waals surface area (Å²) in [6, 6.07) is 16.1. The molecule has 0 spiro atoms. The number of aromatic nitrogens is 2. The van der Waals surface area contributed by atoms with Gasteiger partial charge in [0.25, 0.3) is 0 Å². The first-order valence-corrected chi connectivity index (χ1v) is 11.2. The van der Waals surface area contributed by atoms with Gasteiger partial charge in [0.2, 0.25) is 5.91 Å². The summed E-state index contributed by atoms with van der Waals surface area (Å²) in [6.07, 6.45) is 3.30. The van der Waals surface area contributed by atoms with Crippen LogP contribution < -0.4 is 10.1 Å². The summed E-state index contributed by atoms with van der Waals surface area (Å²) in [5, 5.41) is 3.10. The van der Waals surface area contributed by atoms with Crippen LogP contribution in [0.5, 0.6) is 5.75 Å². The van der Waals surface area contributed by atoms with Crippen LogP contribution in [-0.4, -0.2) is 34.8 Å². The maximum absolute atomic E-state index is 12.5. The lowest BCUT2D eigenvalue weighted by Gasteiger charge is -2.18. The van der Waals surface area contributed by atoms with Gasteiger partial charge in [-0.1, -0.05) is 24.3 Å². The average molecular weight is 422 g/mol. The molecule has 1 amide bonds. The van der Waals surface area contributed by atoms with Crippen LogP contribution in [0.15, 0.2) is 48.5 Å². The highest BCUT2D eigenvalue weighted by Crippen LogP contribution is 2.23. The van der Waals surface area contributed by atoms with Crippen LogP contribution >= 0.6 is 0 Å². The Hall–Kier alpha value is -2.86. The van der Waals surface area contributed by atoms with Gasteiger partial charge in [-0.15, -0.1) is 0 Å². The minimum atomic E-state index is -0.334. The number of aryl methyl sites for hydroxylation is 2. The molecular formula is C25H31N3O3. The van der Waals surface area contributed by atoms with Crippen molar-refractivity contribution in [3.8, 4) is 5.75 Å². The van der Waals surface area contributed by atoms with E-state index in [4.69, 9.17) is 14.5 Å². The predicted octanol–water partition coefficient (Wildman–Crippen LogP) is 4.56. The van der Waals surface area contributed by atoms with Crippen LogP contribution in [0.1, 0.15) is 50.0 Å². The van der Waals surface area contributed by atoms with E-state index in [0.717, 1.165) is 54.8 Å². The largest absolute Gasteiger partial charge is 0.494 e. The molecule has 1 saturated heterocycles. The summed E-state index contributed by atoms with van der Waals surface area (Å²) in [4.78, 5) is 17.3. The number of rotatable bonds is 9. The third-order valence-electron chi connectivity index (χ3n) is 5.69. The highest BCUT2D eigenvalue weighted by molar-refractivity contribution is 5.81. The summed E-state index contributed by atoms with van der Waals surface area (Å²) in [7, 11) is 0. The third-order valence-corrected chi connectivity index (χ3v) is 5.69. The van der Waals surface area contributed by atoms with Crippen molar-refractivity contribution in [2.24, 2.45) is 0 Å². The average Bonchev–Trinajstić information content (AvgIpc) is 3.42. The van der Waals surface area contributed by atoms with Crippen molar-refractivity contribution in [1.29, 1.82) is 0 Å². The number of carbonyl (C=O) groups excluding carboxylic acids is 1. The maximum atomic E-state index is 12.5. The molecular weight excluding hydrogens is 390 g/mol. The zero-order chi connectivity index (χ0) is 21.6. The van der Waals surface area contributed by atoms with Gasteiger partial charge < -0.3 is 19.4 Å². The number of para-hydroxylation sites is 2. The molecule has 6 nitrogen and oxygen atoms in total. The van der Waals surface area contributed by atoms with Gasteiger partial charge in [0.15, 0.2) is 0 Å². The lowest BCUT2D eigenvalue weighted by molar-refractivity contribution is -0.130. The van der Waals surface area contributed by atoms with Crippen molar-refractivity contribution < 1.29 is 14.3 Å². The molecule has 0 aliphatic carbocycles. The zero-order valence-electron chi connectivity index (χ0n) is 18.3. The molecule has 3 aromatic rings. The minimum Gasteiger partial charge on any atom is -0.494 e. The molecule has 0 saturated carbocycles. The first kappa shape index (κ1) is 21.4. The topological polar surface area (TPSA) is 65.4 Å². The fourth-order valence-corrected chi connectivity index (χ4v) is 4.08. The minimum absolute atomic E-state index is 0.0461. The lowest BCUT2D eigenvalue weighted by atomic mass is 10.2. The molecule has 1 aliphatic heterocycles. The van der Waals surface area contributed by atoms with Crippen molar-refractivity contribution in [3.63, 3.8) is 0 Å². The fraction of sp³-hybridized carbons (Fsp3) is 0.440. The van der Waals surface area contributed by atoms with Crippen molar-refractivity contribution in [1.82, 2.24) is 14.9 Å². The van der Waals surface area contributed by atoms with E-state index in [1.54, 1.807) is 0 Å². The second-order valence-corrected chi connectivity index (χ2v) is 8.21. The van der Waals surface area contributed by atoms with Gasteiger partial charge in [0.05, 0.1) is 23.7 Å². The number of nitrogens with one attached hydrogen (secondary N) is 1. The molecule has 4 rings (SSSR count). The summed E-state index contributed by atoms with van der Waals surface area (Å²) in [6.45, 7) is 6.22. The molecule has 1 N–H and O–H groups in total. The first-order chi connectivity index (χ1) is 15.1. The van der Waals surface area contributed by atoms with E-state index < -0.39 is 0 Å². The van der Waals surface area contributed by atoms with Crippen molar-refractivity contribution in [2.45, 2.75) is 58.2 Å². The van der Waals surface area contributed by atoms with E-state index in [9.17, 15) is 4.79 Å². The van der Waals surface area contributed by atoms with Gasteiger partial charge in [-0.25, -0.2) is 4.98 Å². The van der Waals surface area contributed by atoms with E-state index >= 15 is 0 Å². The molecule has 2 aromatic carbocycles. The van der Waals surface area contributed by atoms with Gasteiger partial charge in [-0.2, -0.15) is 0 Å². The number of fused-ring (bicyclic) bond motifs is 1. The van der Waals surface area contributed by atoms with Crippen molar-refractivity contribution in [3.05, 3.63) is 59.9 Å². The van der Waals surface area contributed by atoms with E-state index in [1.165, 1.54) is 5.56 Å². The quantitative estimate of drug-likeness (QED) is 0.515. The van der Waals surface area contributed by atoms with Gasteiger partial charge in [-0.05, 0) is 69.4 Å². The molecule has 6 heteroatoms. The molecule has 164 valence electrons. The summed E-state index contributed by atoms with van der Waals surface area (Å²) >= 11 is 0. The molecule has 1 aromatic heterocycles. The lowest BCUT2D eigenvalue weighted by Crippen LogP contribution is -2.36. The molecule has 1 fully saturated rings. The Labute approximate surface area is 183 Å². The number of hydrogen-bond acceptors (Lipinski definition) is 4. The van der Waals surface area contributed by atoms with Gasteiger partial charge >= 0.3 is 0 Å². The second kappa shape index (κ2) is 9.96. The summed E-state index contributed by atoms with van der Waals surface area (Å²) in [5.41, 5.74) is 3.24. The van der Waals surface area contributed by atoms with Gasteiger partial charge in [0.1, 0.15) is 17.7 Å². The normalized spacial score (nSPS) is 17.0. The summed E-state index contributed by atoms with van der Waals surface area (Å²) in [5.74, 6) is 1.75. The monoisotopic (exact) mass is 421 g/mol. The van der Waals surface area contributed by atoms with Crippen molar-refractivity contribution in [2.75, 3.05) is 13.2 Å². The standard InChI is InChI=1S/C25H31N3O3/c1-18-9-7-10-20(17-18)30-15-6-5-14-28-22-12-4-3-11-21(22)27-24(28)19(2)26-25(29)23-13-8-16-31-23/h3-4,7,9-12,17,19,23H,5-6,8,13-16H2,1-2H3,(H,26,29). The molecule has 0 radical (unpaired) electrons. The highest BCUT2D eigenvalue weighted by Gasteiger charge is 2.26. The Kier molecular flexibility index (Phi) is 6.87. The number of ether oxygens (including phenoxy) is 2. The Bertz CT molecular complexity index is 1020. The molecule has 0 bridgehead atoms.